The van der Waals surface area contributed by atoms with Crippen molar-refractivity contribution in [3.8, 4) is 16.9 Å². The fraction of sp³-hybridized carbons (Fsp3) is 0.333. The number of hydrogen-bond acceptors (Lipinski definition) is 2. The van der Waals surface area contributed by atoms with Gasteiger partial charge in [-0.3, -0.25) is 0 Å². The minimum absolute atomic E-state index is 0.0173. The topological polar surface area (TPSA) is 35.2 Å². The number of rotatable bonds is 5. The molecular weight excluding hydrogens is 246 g/mol. The van der Waals surface area contributed by atoms with Gasteiger partial charge in [0.1, 0.15) is 5.75 Å². The van der Waals surface area contributed by atoms with E-state index in [-0.39, 0.29) is 5.41 Å². The van der Waals surface area contributed by atoms with E-state index in [0.29, 0.717) is 13.2 Å². The van der Waals surface area contributed by atoms with E-state index in [1.807, 2.05) is 19.1 Å². The first-order chi connectivity index (χ1) is 9.56. The van der Waals surface area contributed by atoms with Crippen LogP contribution in [-0.2, 0) is 5.41 Å². The lowest BCUT2D eigenvalue weighted by atomic mass is 9.84. The van der Waals surface area contributed by atoms with Crippen molar-refractivity contribution in [1.82, 2.24) is 0 Å². The van der Waals surface area contributed by atoms with Gasteiger partial charge in [0.2, 0.25) is 0 Å². The average molecular weight is 268 g/mol. The molecule has 0 spiro atoms. The molecule has 0 saturated carbocycles. The van der Waals surface area contributed by atoms with Crippen molar-refractivity contribution in [1.29, 1.82) is 0 Å². The molecule has 0 fully saturated rings. The molecule has 1 radical (unpaired) electrons. The summed E-state index contributed by atoms with van der Waals surface area (Å²) in [5.41, 5.74) is 9.42. The Kier molecular flexibility index (Phi) is 4.46. The molecule has 0 unspecified atom stereocenters. The van der Waals surface area contributed by atoms with Gasteiger partial charge in [0, 0.05) is 18.0 Å². The maximum absolute atomic E-state index is 5.81. The van der Waals surface area contributed by atoms with Gasteiger partial charge in [0.15, 0.2) is 0 Å². The Labute approximate surface area is 121 Å². The molecule has 105 valence electrons. The van der Waals surface area contributed by atoms with Gasteiger partial charge in [0.25, 0.3) is 0 Å². The third-order valence-corrected chi connectivity index (χ3v) is 3.59. The van der Waals surface area contributed by atoms with Gasteiger partial charge in [-0.2, -0.15) is 0 Å². The first-order valence-electron chi connectivity index (χ1n) is 7.02. The van der Waals surface area contributed by atoms with Crippen molar-refractivity contribution in [2.45, 2.75) is 26.2 Å². The van der Waals surface area contributed by atoms with Crippen molar-refractivity contribution in [2.24, 2.45) is 5.73 Å². The molecule has 0 aliphatic heterocycles. The van der Waals surface area contributed by atoms with E-state index in [4.69, 9.17) is 10.5 Å². The van der Waals surface area contributed by atoms with E-state index in [1.165, 1.54) is 11.1 Å². The monoisotopic (exact) mass is 268 g/mol. The van der Waals surface area contributed by atoms with E-state index in [9.17, 15) is 0 Å². The average Bonchev–Trinajstić information content (AvgIpc) is 2.48. The van der Waals surface area contributed by atoms with Crippen molar-refractivity contribution in [3.63, 3.8) is 0 Å². The van der Waals surface area contributed by atoms with Crippen LogP contribution in [-0.4, -0.2) is 13.2 Å². The summed E-state index contributed by atoms with van der Waals surface area (Å²) in [6.07, 6.45) is 0. The highest BCUT2D eigenvalue weighted by molar-refractivity contribution is 5.64. The van der Waals surface area contributed by atoms with Crippen LogP contribution < -0.4 is 10.5 Å². The van der Waals surface area contributed by atoms with Gasteiger partial charge in [-0.1, -0.05) is 44.2 Å². The molecule has 2 aromatic carbocycles. The Morgan fingerprint density at radius 1 is 1.05 bits per heavy atom. The minimum atomic E-state index is 0.0173. The highest BCUT2D eigenvalue weighted by Crippen LogP contribution is 2.26. The smallest absolute Gasteiger partial charge is 0.127 e. The molecule has 0 atom stereocenters. The third-order valence-electron chi connectivity index (χ3n) is 3.59. The van der Waals surface area contributed by atoms with Crippen LogP contribution in [0, 0.1) is 6.07 Å². The van der Waals surface area contributed by atoms with E-state index in [0.717, 1.165) is 11.3 Å². The van der Waals surface area contributed by atoms with E-state index >= 15 is 0 Å². The Hall–Kier alpha value is -1.80. The first kappa shape index (κ1) is 14.6. The lowest BCUT2D eigenvalue weighted by Crippen LogP contribution is -2.27. The zero-order valence-corrected chi connectivity index (χ0v) is 12.4. The normalized spacial score (nSPS) is 11.4. The quantitative estimate of drug-likeness (QED) is 0.895. The molecule has 0 bridgehead atoms. The van der Waals surface area contributed by atoms with Gasteiger partial charge < -0.3 is 10.5 Å². The molecule has 2 heteroatoms. The van der Waals surface area contributed by atoms with E-state index < -0.39 is 0 Å². The van der Waals surface area contributed by atoms with Gasteiger partial charge >= 0.3 is 0 Å². The maximum Gasteiger partial charge on any atom is 0.127 e. The molecule has 0 saturated heterocycles. The van der Waals surface area contributed by atoms with Crippen LogP contribution in [0.2, 0.25) is 0 Å². The summed E-state index contributed by atoms with van der Waals surface area (Å²) in [7, 11) is 0. The van der Waals surface area contributed by atoms with Crippen LogP contribution >= 0.6 is 0 Å². The summed E-state index contributed by atoms with van der Waals surface area (Å²) in [6.45, 7) is 7.60. The molecule has 2 N–H and O–H groups in total. The van der Waals surface area contributed by atoms with E-state index in [1.54, 1.807) is 0 Å². The van der Waals surface area contributed by atoms with Crippen LogP contribution in [0.1, 0.15) is 26.3 Å². The highest BCUT2D eigenvalue weighted by atomic mass is 16.5. The molecule has 2 nitrogen and oxygen atoms in total. The van der Waals surface area contributed by atoms with E-state index in [2.05, 4.69) is 50.2 Å². The Morgan fingerprint density at radius 2 is 1.70 bits per heavy atom. The first-order valence-corrected chi connectivity index (χ1v) is 7.02. The predicted octanol–water partition coefficient (Wildman–Crippen LogP) is 3.79. The largest absolute Gasteiger partial charge is 0.493 e. The van der Waals surface area contributed by atoms with Gasteiger partial charge in [-0.25, -0.2) is 0 Å². The van der Waals surface area contributed by atoms with Crippen molar-refractivity contribution in [3.05, 3.63) is 54.1 Å². The summed E-state index contributed by atoms with van der Waals surface area (Å²) in [5.74, 6) is 0.789. The summed E-state index contributed by atoms with van der Waals surface area (Å²) in [5, 5.41) is 0. The maximum atomic E-state index is 5.81. The van der Waals surface area contributed by atoms with Gasteiger partial charge in [-0.15, -0.1) is 0 Å². The van der Waals surface area contributed by atoms with Crippen molar-refractivity contribution < 1.29 is 4.74 Å². The van der Waals surface area contributed by atoms with Crippen LogP contribution in [0.25, 0.3) is 11.1 Å². The zero-order valence-electron chi connectivity index (χ0n) is 12.4. The molecule has 0 heterocycles. The lowest BCUT2D eigenvalue weighted by molar-refractivity contribution is 0.339. The second kappa shape index (κ2) is 6.10. The lowest BCUT2D eigenvalue weighted by Gasteiger charge is -2.23. The molecule has 0 amide bonds. The third kappa shape index (κ3) is 3.20. The van der Waals surface area contributed by atoms with Crippen LogP contribution in [0.3, 0.4) is 0 Å². The van der Waals surface area contributed by atoms with Crippen LogP contribution in [0.15, 0.2) is 42.5 Å². The Bertz CT molecular complexity index is 541. The van der Waals surface area contributed by atoms with Gasteiger partial charge in [0.05, 0.1) is 6.61 Å². The van der Waals surface area contributed by atoms with Gasteiger partial charge in [-0.05, 0) is 35.7 Å². The van der Waals surface area contributed by atoms with Crippen LogP contribution in [0.4, 0.5) is 0 Å². The summed E-state index contributed by atoms with van der Waals surface area (Å²) in [6, 6.07) is 17.7. The van der Waals surface area contributed by atoms with Crippen LogP contribution in [0.5, 0.6) is 5.75 Å². The fourth-order valence-electron chi connectivity index (χ4n) is 2.07. The SMILES string of the molecule is CCOc1[c]cc(-c2ccc(C(C)(C)CN)cc2)cc1. The number of benzene rings is 2. The standard InChI is InChI=1S/C18H22NO/c1-4-20-17-11-7-15(8-12-17)14-5-9-16(10-6-14)18(2,3)13-19/h5-11H,4,13,19H2,1-3H3. The zero-order chi connectivity index (χ0) is 14.6. The molecule has 2 rings (SSSR count). The second-order valence-corrected chi connectivity index (χ2v) is 5.54. The highest BCUT2D eigenvalue weighted by Gasteiger charge is 2.17. The predicted molar refractivity (Wildman–Crippen MR) is 84.0 cm³/mol. The number of nitrogens with two attached hydrogens (primary N) is 1. The summed E-state index contributed by atoms with van der Waals surface area (Å²) in [4.78, 5) is 0. The molecule has 20 heavy (non-hydrogen) atoms. The Balaban J connectivity index is 2.21. The second-order valence-electron chi connectivity index (χ2n) is 5.54. The fourth-order valence-corrected chi connectivity index (χ4v) is 2.07. The molecule has 0 aromatic heterocycles. The Morgan fingerprint density at radius 3 is 2.20 bits per heavy atom. The summed E-state index contributed by atoms with van der Waals surface area (Å²) < 4.78 is 5.41. The number of hydrogen-bond donors (Lipinski definition) is 1. The number of ether oxygens (including phenoxy) is 1. The van der Waals surface area contributed by atoms with Crippen molar-refractivity contribution in [2.75, 3.05) is 13.2 Å². The van der Waals surface area contributed by atoms with Crippen molar-refractivity contribution >= 4 is 0 Å². The summed E-state index contributed by atoms with van der Waals surface area (Å²) >= 11 is 0. The molecule has 0 aliphatic rings. The minimum Gasteiger partial charge on any atom is -0.493 e. The molecular formula is C18H22NO. The molecule has 0 aliphatic carbocycles. The molecule has 2 aromatic rings.